The fourth-order valence-electron chi connectivity index (χ4n) is 3.42. The van der Waals surface area contributed by atoms with Gasteiger partial charge in [0.2, 0.25) is 11.6 Å². The van der Waals surface area contributed by atoms with Gasteiger partial charge in [-0.2, -0.15) is 0 Å². The van der Waals surface area contributed by atoms with Crippen LogP contribution in [-0.4, -0.2) is 17.3 Å². The molecule has 0 fully saturated rings. The Kier molecular flexibility index (Phi) is 7.36. The van der Waals surface area contributed by atoms with Gasteiger partial charge in [0.05, 0.1) is 5.92 Å². The maximum absolute atomic E-state index is 12.5. The highest BCUT2D eigenvalue weighted by atomic mass is 16.2. The van der Waals surface area contributed by atoms with Crippen LogP contribution < -0.4 is 0 Å². The average Bonchev–Trinajstić information content (AvgIpc) is 2.61. The number of hydrogen-bond donors (Lipinski definition) is 0. The zero-order chi connectivity index (χ0) is 17.4. The summed E-state index contributed by atoms with van der Waals surface area (Å²) in [6, 6.07) is 6.67. The highest BCUT2D eigenvalue weighted by Crippen LogP contribution is 2.27. The van der Waals surface area contributed by atoms with Crippen LogP contribution in [-0.2, 0) is 4.79 Å². The van der Waals surface area contributed by atoms with Gasteiger partial charge in [-0.3, -0.25) is 14.4 Å². The molecule has 3 nitrogen and oxygen atoms in total. The van der Waals surface area contributed by atoms with Crippen LogP contribution in [0.4, 0.5) is 0 Å². The molecule has 1 aromatic rings. The van der Waals surface area contributed by atoms with Gasteiger partial charge in [0.15, 0.2) is 5.78 Å². The molecule has 0 bridgehead atoms. The number of carbonyl (C=O) groups is 3. The Balaban J connectivity index is 1.74. The second-order valence-corrected chi connectivity index (χ2v) is 6.77. The first-order chi connectivity index (χ1) is 11.7. The number of benzene rings is 1. The molecule has 1 aromatic carbocycles. The van der Waals surface area contributed by atoms with E-state index in [0.29, 0.717) is 12.0 Å². The second-order valence-electron chi connectivity index (χ2n) is 6.77. The first kappa shape index (κ1) is 18.6. The quantitative estimate of drug-likeness (QED) is 0.338. The number of fused-ring (bicyclic) bond motifs is 1. The predicted octanol–water partition coefficient (Wildman–Crippen LogP) is 5.17. The number of ketones is 3. The Morgan fingerprint density at radius 2 is 1.25 bits per heavy atom. The van der Waals surface area contributed by atoms with E-state index in [1.54, 1.807) is 24.3 Å². The van der Waals surface area contributed by atoms with Crippen molar-refractivity contribution < 1.29 is 14.4 Å². The van der Waals surface area contributed by atoms with Gasteiger partial charge in [-0.25, -0.2) is 0 Å². The van der Waals surface area contributed by atoms with E-state index >= 15 is 0 Å². The molecule has 0 heterocycles. The molecule has 0 saturated carbocycles. The van der Waals surface area contributed by atoms with Gasteiger partial charge in [0, 0.05) is 11.1 Å². The minimum atomic E-state index is -0.753. The second kappa shape index (κ2) is 9.51. The smallest absolute Gasteiger partial charge is 0.230 e. The van der Waals surface area contributed by atoms with Crippen molar-refractivity contribution in [1.82, 2.24) is 0 Å². The molecule has 0 spiro atoms. The molecule has 0 amide bonds. The molecule has 0 saturated heterocycles. The highest BCUT2D eigenvalue weighted by molar-refractivity contribution is 6.51. The number of Topliss-reactive ketones (excluding diaryl/α,β-unsaturated/α-hetero) is 3. The summed E-state index contributed by atoms with van der Waals surface area (Å²) < 4.78 is 0. The van der Waals surface area contributed by atoms with E-state index < -0.39 is 17.5 Å². The van der Waals surface area contributed by atoms with E-state index in [4.69, 9.17) is 0 Å². The number of unbranched alkanes of at least 4 members (excludes halogenated alkanes) is 8. The van der Waals surface area contributed by atoms with Crippen LogP contribution in [0.15, 0.2) is 24.3 Å². The van der Waals surface area contributed by atoms with Crippen molar-refractivity contribution in [3.8, 4) is 0 Å². The molecule has 0 aromatic heterocycles. The van der Waals surface area contributed by atoms with Gasteiger partial charge in [-0.1, -0.05) is 89.0 Å². The molecule has 130 valence electrons. The lowest BCUT2D eigenvalue weighted by Gasteiger charge is -2.20. The number of rotatable bonds is 10. The van der Waals surface area contributed by atoms with Crippen molar-refractivity contribution in [2.24, 2.45) is 5.92 Å². The van der Waals surface area contributed by atoms with Crippen molar-refractivity contribution >= 4 is 17.3 Å². The molecular weight excluding hydrogens is 300 g/mol. The summed E-state index contributed by atoms with van der Waals surface area (Å²) in [4.78, 5) is 36.8. The van der Waals surface area contributed by atoms with E-state index in [1.807, 2.05) is 0 Å². The summed E-state index contributed by atoms with van der Waals surface area (Å²) in [6.45, 7) is 2.22. The van der Waals surface area contributed by atoms with Crippen molar-refractivity contribution in [3.05, 3.63) is 35.4 Å². The molecule has 1 aliphatic carbocycles. The monoisotopic (exact) mass is 328 g/mol. The van der Waals surface area contributed by atoms with Crippen LogP contribution in [0.3, 0.4) is 0 Å². The molecule has 3 heteroatoms. The first-order valence-electron chi connectivity index (χ1n) is 9.38. The minimum Gasteiger partial charge on any atom is -0.293 e. The number of hydrogen-bond acceptors (Lipinski definition) is 3. The Bertz CT molecular complexity index is 589. The van der Waals surface area contributed by atoms with Gasteiger partial charge in [-0.05, 0) is 6.42 Å². The maximum Gasteiger partial charge on any atom is 0.230 e. The molecule has 2 rings (SSSR count). The van der Waals surface area contributed by atoms with Gasteiger partial charge < -0.3 is 0 Å². The third kappa shape index (κ3) is 4.62. The largest absolute Gasteiger partial charge is 0.293 e. The third-order valence-electron chi connectivity index (χ3n) is 4.89. The lowest BCUT2D eigenvalue weighted by molar-refractivity contribution is -0.117. The van der Waals surface area contributed by atoms with E-state index in [2.05, 4.69) is 6.92 Å². The Morgan fingerprint density at radius 1 is 0.708 bits per heavy atom. The van der Waals surface area contributed by atoms with Gasteiger partial charge >= 0.3 is 0 Å². The van der Waals surface area contributed by atoms with Crippen molar-refractivity contribution in [1.29, 1.82) is 0 Å². The van der Waals surface area contributed by atoms with Crippen LogP contribution >= 0.6 is 0 Å². The van der Waals surface area contributed by atoms with E-state index in [0.717, 1.165) is 19.3 Å². The van der Waals surface area contributed by atoms with Crippen molar-refractivity contribution in [2.75, 3.05) is 0 Å². The summed E-state index contributed by atoms with van der Waals surface area (Å²) in [5, 5.41) is 0. The van der Waals surface area contributed by atoms with Gasteiger partial charge in [-0.15, -0.1) is 0 Å². The zero-order valence-electron chi connectivity index (χ0n) is 14.7. The summed E-state index contributed by atoms with van der Waals surface area (Å²) in [7, 11) is 0. The third-order valence-corrected chi connectivity index (χ3v) is 4.89. The predicted molar refractivity (Wildman–Crippen MR) is 95.4 cm³/mol. The SMILES string of the molecule is CCCCCCCCCCCC1C(=O)C(=O)c2ccccc2C1=O. The molecule has 1 atom stereocenters. The van der Waals surface area contributed by atoms with Crippen LogP contribution in [0, 0.1) is 5.92 Å². The highest BCUT2D eigenvalue weighted by Gasteiger charge is 2.39. The lowest BCUT2D eigenvalue weighted by Crippen LogP contribution is -2.36. The van der Waals surface area contributed by atoms with Crippen LogP contribution in [0.25, 0.3) is 0 Å². The molecule has 0 aliphatic heterocycles. The first-order valence-corrected chi connectivity index (χ1v) is 9.38. The summed E-state index contributed by atoms with van der Waals surface area (Å²) in [6.07, 6.45) is 11.2. The molecule has 24 heavy (non-hydrogen) atoms. The standard InChI is InChI=1S/C21H28O3/c1-2-3-4-5-6-7-8-9-10-15-18-19(22)16-13-11-12-14-17(16)20(23)21(18)24/h11-14,18H,2-10,15H2,1H3. The van der Waals surface area contributed by atoms with Crippen LogP contribution in [0.2, 0.25) is 0 Å². The Morgan fingerprint density at radius 3 is 1.88 bits per heavy atom. The molecule has 1 unspecified atom stereocenters. The fourth-order valence-corrected chi connectivity index (χ4v) is 3.42. The topological polar surface area (TPSA) is 51.2 Å². The fraction of sp³-hybridized carbons (Fsp3) is 0.571. The van der Waals surface area contributed by atoms with Gasteiger partial charge in [0.25, 0.3) is 0 Å². The van der Waals surface area contributed by atoms with Crippen LogP contribution in [0.1, 0.15) is 91.8 Å². The summed E-state index contributed by atoms with van der Waals surface area (Å²) in [5.74, 6) is -1.93. The van der Waals surface area contributed by atoms with Crippen molar-refractivity contribution in [3.63, 3.8) is 0 Å². The normalized spacial score (nSPS) is 17.2. The van der Waals surface area contributed by atoms with E-state index in [1.165, 1.54) is 38.5 Å². The molecule has 0 radical (unpaired) electrons. The number of carbonyl (C=O) groups excluding carboxylic acids is 3. The molecule has 0 N–H and O–H groups in total. The van der Waals surface area contributed by atoms with Gasteiger partial charge in [0.1, 0.15) is 0 Å². The molecular formula is C21H28O3. The maximum atomic E-state index is 12.5. The van der Waals surface area contributed by atoms with E-state index in [-0.39, 0.29) is 11.3 Å². The summed E-state index contributed by atoms with van der Waals surface area (Å²) >= 11 is 0. The zero-order valence-corrected chi connectivity index (χ0v) is 14.7. The van der Waals surface area contributed by atoms with E-state index in [9.17, 15) is 14.4 Å². The Hall–Kier alpha value is -1.77. The van der Waals surface area contributed by atoms with Crippen molar-refractivity contribution in [2.45, 2.75) is 71.1 Å². The molecule has 1 aliphatic rings. The Labute approximate surface area is 144 Å². The summed E-state index contributed by atoms with van der Waals surface area (Å²) in [5.41, 5.74) is 0.693. The lowest BCUT2D eigenvalue weighted by atomic mass is 9.78. The van der Waals surface area contributed by atoms with Crippen LogP contribution in [0.5, 0.6) is 0 Å². The minimum absolute atomic E-state index is 0.172. The average molecular weight is 328 g/mol.